The number of methoxy groups -OCH3 is 1. The van der Waals surface area contributed by atoms with Gasteiger partial charge in [-0.25, -0.2) is 4.79 Å². The Bertz CT molecular complexity index is 1610. The number of amides is 2. The van der Waals surface area contributed by atoms with Crippen molar-refractivity contribution < 1.29 is 24.2 Å². The maximum atomic E-state index is 13.0. The number of carboxylic acid groups (broad SMARTS) is 1. The molecular formula is C29H31N5O5S. The molecule has 4 aromatic rings. The van der Waals surface area contributed by atoms with Crippen LogP contribution in [0.25, 0.3) is 26.7 Å². The fraction of sp³-hybridized carbons (Fsp3) is 0.379. The number of nitrogens with zero attached hydrogens (tertiary/aromatic N) is 4. The molecule has 1 aliphatic heterocycles. The zero-order valence-corrected chi connectivity index (χ0v) is 23.4. The van der Waals surface area contributed by atoms with Crippen LogP contribution in [0.1, 0.15) is 22.7 Å². The number of aromatic nitrogens is 2. The number of hydrogen-bond acceptors (Lipinski definition) is 7. The largest absolute Gasteiger partial charge is 0.465 e. The number of nitrogens with one attached hydrogen (secondary N) is 1. The molecular weight excluding hydrogens is 530 g/mol. The topological polar surface area (TPSA) is 129 Å². The van der Waals surface area contributed by atoms with Crippen LogP contribution in [0.5, 0.6) is 0 Å². The van der Waals surface area contributed by atoms with E-state index in [2.05, 4.69) is 57.3 Å². The molecule has 3 atom stereocenters. The second kappa shape index (κ2) is 11.6. The monoisotopic (exact) mass is 561 g/mol. The van der Waals surface area contributed by atoms with E-state index in [-0.39, 0.29) is 25.8 Å². The number of benzene rings is 1. The van der Waals surface area contributed by atoms with Crippen LogP contribution >= 0.6 is 11.3 Å². The summed E-state index contributed by atoms with van der Waals surface area (Å²) < 4.78 is 14.2. The van der Waals surface area contributed by atoms with Gasteiger partial charge in [-0.1, -0.05) is 6.07 Å². The molecule has 4 heterocycles. The Morgan fingerprint density at radius 2 is 2.08 bits per heavy atom. The second-order valence-corrected chi connectivity index (χ2v) is 11.2. The Hall–Kier alpha value is -3.98. The summed E-state index contributed by atoms with van der Waals surface area (Å²) in [7, 11) is 1.52. The number of ether oxygens (including phenoxy) is 2. The van der Waals surface area contributed by atoms with Gasteiger partial charge >= 0.3 is 6.09 Å². The first-order valence-corrected chi connectivity index (χ1v) is 13.9. The molecule has 0 unspecified atom stereocenters. The minimum Gasteiger partial charge on any atom is -0.465 e. The van der Waals surface area contributed by atoms with E-state index >= 15 is 0 Å². The Kier molecular flexibility index (Phi) is 8.02. The van der Waals surface area contributed by atoms with Gasteiger partial charge in [-0.05, 0) is 55.5 Å². The lowest BCUT2D eigenvalue weighted by molar-refractivity contribution is -0.136. The summed E-state index contributed by atoms with van der Waals surface area (Å²) in [4.78, 5) is 31.3. The smallest absolute Gasteiger partial charge is 0.407 e. The number of carbonyl (C=O) groups is 2. The molecule has 2 amide bonds. The predicted molar refractivity (Wildman–Crippen MR) is 151 cm³/mol. The molecule has 1 aliphatic rings. The molecule has 0 spiro atoms. The van der Waals surface area contributed by atoms with Gasteiger partial charge in [0.1, 0.15) is 6.04 Å². The molecule has 11 heteroatoms. The fourth-order valence-corrected chi connectivity index (χ4v) is 6.16. The van der Waals surface area contributed by atoms with E-state index in [1.165, 1.54) is 7.11 Å². The number of fused-ring (bicyclic) bond motifs is 2. The van der Waals surface area contributed by atoms with Crippen LogP contribution in [-0.2, 0) is 20.7 Å². The van der Waals surface area contributed by atoms with E-state index in [0.29, 0.717) is 12.8 Å². The van der Waals surface area contributed by atoms with Crippen molar-refractivity contribution in [3.8, 4) is 17.2 Å². The summed E-state index contributed by atoms with van der Waals surface area (Å²) in [6, 6.07) is 11.9. The van der Waals surface area contributed by atoms with E-state index in [4.69, 9.17) is 9.47 Å². The summed E-state index contributed by atoms with van der Waals surface area (Å²) >= 11 is 1.58. The number of carbonyl (C=O) groups excluding carboxylic acids is 1. The van der Waals surface area contributed by atoms with E-state index in [9.17, 15) is 20.0 Å². The van der Waals surface area contributed by atoms with E-state index in [1.54, 1.807) is 11.3 Å². The molecule has 2 N–H and O–H groups in total. The van der Waals surface area contributed by atoms with E-state index < -0.39 is 24.1 Å². The number of nitriles is 1. The van der Waals surface area contributed by atoms with Crippen LogP contribution < -0.4 is 5.32 Å². The lowest BCUT2D eigenvalue weighted by Gasteiger charge is -2.31. The van der Waals surface area contributed by atoms with Gasteiger partial charge < -0.3 is 29.2 Å². The lowest BCUT2D eigenvalue weighted by atomic mass is 10.1. The summed E-state index contributed by atoms with van der Waals surface area (Å²) in [6.45, 7) is 4.27. The number of thiophene rings is 1. The predicted octanol–water partition coefficient (Wildman–Crippen LogP) is 4.17. The van der Waals surface area contributed by atoms with Crippen molar-refractivity contribution in [3.63, 3.8) is 0 Å². The van der Waals surface area contributed by atoms with Crippen molar-refractivity contribution in [1.82, 2.24) is 19.6 Å². The molecule has 208 valence electrons. The minimum absolute atomic E-state index is 0.130. The first-order valence-electron chi connectivity index (χ1n) is 13.0. The normalized spacial score (nSPS) is 18.7. The Balaban J connectivity index is 1.29. The highest BCUT2D eigenvalue weighted by molar-refractivity contribution is 7.19. The van der Waals surface area contributed by atoms with Gasteiger partial charge in [0, 0.05) is 41.1 Å². The van der Waals surface area contributed by atoms with Crippen LogP contribution in [0, 0.1) is 25.2 Å². The van der Waals surface area contributed by atoms with Gasteiger partial charge in [0.25, 0.3) is 5.91 Å². The van der Waals surface area contributed by atoms with Crippen molar-refractivity contribution in [3.05, 3.63) is 59.0 Å². The number of hydrogen-bond donors (Lipinski definition) is 2. The summed E-state index contributed by atoms with van der Waals surface area (Å²) in [6.07, 6.45) is 2.45. The third kappa shape index (κ3) is 5.94. The third-order valence-electron chi connectivity index (χ3n) is 7.13. The maximum Gasteiger partial charge on any atom is 0.407 e. The molecule has 1 aromatic carbocycles. The van der Waals surface area contributed by atoms with Crippen LogP contribution in [0.15, 0.2) is 42.7 Å². The molecule has 1 saturated heterocycles. The molecule has 1 fully saturated rings. The average Bonchev–Trinajstić information content (AvgIpc) is 3.51. The Morgan fingerprint density at radius 3 is 2.83 bits per heavy atom. The molecule has 40 heavy (non-hydrogen) atoms. The molecule has 0 radical (unpaired) electrons. The van der Waals surface area contributed by atoms with Gasteiger partial charge in [0.2, 0.25) is 0 Å². The summed E-state index contributed by atoms with van der Waals surface area (Å²) in [5, 5.41) is 23.1. The molecule has 0 bridgehead atoms. The van der Waals surface area contributed by atoms with Crippen LogP contribution in [-0.4, -0.2) is 76.4 Å². The highest BCUT2D eigenvalue weighted by Crippen LogP contribution is 2.32. The highest BCUT2D eigenvalue weighted by atomic mass is 32.1. The first-order chi connectivity index (χ1) is 19.2. The summed E-state index contributed by atoms with van der Waals surface area (Å²) in [5.41, 5.74) is 5.19. The van der Waals surface area contributed by atoms with Crippen molar-refractivity contribution in [2.24, 2.45) is 0 Å². The lowest BCUT2D eigenvalue weighted by Crippen LogP contribution is -2.52. The van der Waals surface area contributed by atoms with E-state index in [1.807, 2.05) is 20.0 Å². The second-order valence-electron chi connectivity index (χ2n) is 10.0. The number of aryl methyl sites for hydroxylation is 2. The third-order valence-corrected chi connectivity index (χ3v) is 8.27. The maximum absolute atomic E-state index is 13.0. The van der Waals surface area contributed by atoms with Crippen LogP contribution in [0.4, 0.5) is 4.79 Å². The van der Waals surface area contributed by atoms with Crippen molar-refractivity contribution in [1.29, 1.82) is 5.26 Å². The average molecular weight is 562 g/mol. The highest BCUT2D eigenvalue weighted by Gasteiger charge is 2.31. The fourth-order valence-electron chi connectivity index (χ4n) is 5.07. The molecule has 3 aromatic heterocycles. The zero-order chi connectivity index (χ0) is 28.4. The molecule has 0 aliphatic carbocycles. The van der Waals surface area contributed by atoms with Gasteiger partial charge in [-0.2, -0.15) is 5.26 Å². The Labute approximate surface area is 235 Å². The van der Waals surface area contributed by atoms with E-state index in [0.717, 1.165) is 47.9 Å². The zero-order valence-electron chi connectivity index (χ0n) is 22.6. The first kappa shape index (κ1) is 27.6. The standard InChI is InChI=1S/C29H31N5O5S/c1-17-13-33-14-21(10-25(33)18(2)31-17)19-4-5-27-20(8-19)9-24(40-27)11-22(12-30)32-28(35)26-16-34(29(36)37)15-23(38-3)6-7-39-26/h4-5,8-10,13-14,22-23,26H,6-7,11,15-16H2,1-3H3,(H,32,35)(H,36,37)/t22-,23-,26-/m0/s1. The van der Waals surface area contributed by atoms with Crippen molar-refractivity contribution in [2.75, 3.05) is 26.8 Å². The molecule has 0 saturated carbocycles. The van der Waals surface area contributed by atoms with Gasteiger partial charge in [0.15, 0.2) is 6.10 Å². The Morgan fingerprint density at radius 1 is 1.25 bits per heavy atom. The van der Waals surface area contributed by atoms with Gasteiger partial charge in [0.05, 0.1) is 48.8 Å². The SMILES string of the molecule is CO[C@H]1CCO[C@H](C(=O)N[C@H](C#N)Cc2cc3cc(-c4cc5c(C)nc(C)cn5c4)ccc3s2)CN(C(=O)O)C1. The van der Waals surface area contributed by atoms with Gasteiger partial charge in [-0.15, -0.1) is 11.3 Å². The van der Waals surface area contributed by atoms with Crippen molar-refractivity contribution in [2.45, 2.75) is 44.9 Å². The molecule has 5 rings (SSSR count). The van der Waals surface area contributed by atoms with Crippen LogP contribution in [0.2, 0.25) is 0 Å². The van der Waals surface area contributed by atoms with Gasteiger partial charge in [-0.3, -0.25) is 9.78 Å². The van der Waals surface area contributed by atoms with Crippen LogP contribution in [0.3, 0.4) is 0 Å². The minimum atomic E-state index is -1.15. The number of rotatable bonds is 6. The summed E-state index contributed by atoms with van der Waals surface area (Å²) in [5.74, 6) is -0.502. The quantitative estimate of drug-likeness (QED) is 0.362. The van der Waals surface area contributed by atoms with Crippen molar-refractivity contribution >= 4 is 38.9 Å². The molecule has 10 nitrogen and oxygen atoms in total.